The number of aryl methyl sites for hydroxylation is 1. The fraction of sp³-hybridized carbons (Fsp3) is 0.577. The zero-order valence-corrected chi connectivity index (χ0v) is 20.6. The summed E-state index contributed by atoms with van der Waals surface area (Å²) in [6, 6.07) is 5.95. The van der Waals surface area contributed by atoms with Crippen LogP contribution in [0.25, 0.3) is 11.1 Å². The van der Waals surface area contributed by atoms with Crippen molar-refractivity contribution in [3.8, 4) is 22.6 Å². The van der Waals surface area contributed by atoms with Gasteiger partial charge >= 0.3 is 0 Å². The van der Waals surface area contributed by atoms with Gasteiger partial charge in [-0.25, -0.2) is 0 Å². The Bertz CT molecular complexity index is 1020. The maximum absolute atomic E-state index is 12.3. The van der Waals surface area contributed by atoms with E-state index in [0.29, 0.717) is 18.1 Å². The quantitative estimate of drug-likeness (QED) is 0.686. The first kappa shape index (κ1) is 22.9. The molecule has 0 spiro atoms. The Kier molecular flexibility index (Phi) is 6.37. The van der Waals surface area contributed by atoms with Crippen LogP contribution in [-0.4, -0.2) is 59.8 Å². The lowest BCUT2D eigenvalue weighted by Crippen LogP contribution is -2.54. The number of nitrogens with zero attached hydrogens (tertiary/aromatic N) is 3. The predicted octanol–water partition coefficient (Wildman–Crippen LogP) is 3.74. The molecule has 6 heteroatoms. The molecule has 1 aromatic carbocycles. The van der Waals surface area contributed by atoms with Gasteiger partial charge in [0, 0.05) is 62.1 Å². The summed E-state index contributed by atoms with van der Waals surface area (Å²) in [5, 5.41) is 0. The van der Waals surface area contributed by atoms with Crippen LogP contribution in [0.2, 0.25) is 0 Å². The van der Waals surface area contributed by atoms with Gasteiger partial charge in [0.05, 0.1) is 19.8 Å². The maximum Gasteiger partial charge on any atom is 0.253 e. The number of pyridine rings is 1. The molecule has 4 rings (SSSR count). The number of hydrogen-bond acceptors (Lipinski definition) is 5. The number of piperazine rings is 1. The van der Waals surface area contributed by atoms with E-state index in [4.69, 9.17) is 9.47 Å². The minimum atomic E-state index is 0.0396. The third-order valence-electron chi connectivity index (χ3n) is 7.58. The van der Waals surface area contributed by atoms with Gasteiger partial charge in [0.15, 0.2) is 0 Å². The molecule has 0 saturated carbocycles. The fourth-order valence-electron chi connectivity index (χ4n) is 5.45. The Hall–Kier alpha value is -2.31. The molecule has 2 unspecified atom stereocenters. The van der Waals surface area contributed by atoms with E-state index in [1.165, 1.54) is 12.8 Å². The molecule has 0 aliphatic carbocycles. The number of rotatable bonds is 6. The lowest BCUT2D eigenvalue weighted by atomic mass is 9.97. The molecule has 2 aromatic rings. The first-order chi connectivity index (χ1) is 15.2. The zero-order chi connectivity index (χ0) is 23.2. The highest BCUT2D eigenvalue weighted by molar-refractivity contribution is 5.72. The molecule has 2 atom stereocenters. The van der Waals surface area contributed by atoms with Crippen LogP contribution in [0.5, 0.6) is 11.5 Å². The number of methoxy groups -OCH3 is 2. The molecule has 2 aliphatic heterocycles. The highest BCUT2D eigenvalue weighted by atomic mass is 16.5. The molecular weight excluding hydrogens is 402 g/mol. The van der Waals surface area contributed by atoms with Gasteiger partial charge in [0.1, 0.15) is 11.5 Å². The van der Waals surface area contributed by atoms with Gasteiger partial charge < -0.3 is 14.0 Å². The van der Waals surface area contributed by atoms with Crippen LogP contribution in [0, 0.1) is 13.8 Å². The summed E-state index contributed by atoms with van der Waals surface area (Å²) in [7, 11) is 5.26. The lowest BCUT2D eigenvalue weighted by Gasteiger charge is -2.43. The van der Waals surface area contributed by atoms with Gasteiger partial charge in [-0.3, -0.25) is 14.6 Å². The van der Waals surface area contributed by atoms with Crippen molar-refractivity contribution in [2.75, 3.05) is 27.3 Å². The number of ether oxygens (including phenoxy) is 2. The van der Waals surface area contributed by atoms with E-state index in [0.717, 1.165) is 59.0 Å². The van der Waals surface area contributed by atoms with Crippen molar-refractivity contribution in [1.82, 2.24) is 14.4 Å². The Morgan fingerprint density at radius 3 is 2.06 bits per heavy atom. The normalized spacial score (nSPS) is 21.4. The molecule has 3 heterocycles. The fourth-order valence-corrected chi connectivity index (χ4v) is 5.45. The summed E-state index contributed by atoms with van der Waals surface area (Å²) >= 11 is 0. The third-order valence-corrected chi connectivity index (χ3v) is 7.58. The van der Waals surface area contributed by atoms with Gasteiger partial charge in [-0.1, -0.05) is 0 Å². The monoisotopic (exact) mass is 439 g/mol. The molecule has 6 nitrogen and oxygen atoms in total. The average molecular weight is 440 g/mol. The molecule has 32 heavy (non-hydrogen) atoms. The van der Waals surface area contributed by atoms with Crippen molar-refractivity contribution in [3.05, 3.63) is 45.4 Å². The number of aromatic nitrogens is 1. The Morgan fingerprint density at radius 2 is 1.56 bits per heavy atom. The Balaban J connectivity index is 1.71. The lowest BCUT2D eigenvalue weighted by molar-refractivity contribution is 0.0432. The van der Waals surface area contributed by atoms with Gasteiger partial charge in [-0.05, 0) is 63.8 Å². The summed E-state index contributed by atoms with van der Waals surface area (Å²) < 4.78 is 13.4. The Morgan fingerprint density at radius 1 is 1.00 bits per heavy atom. The van der Waals surface area contributed by atoms with E-state index < -0.39 is 0 Å². The van der Waals surface area contributed by atoms with Crippen molar-refractivity contribution in [3.63, 3.8) is 0 Å². The van der Waals surface area contributed by atoms with Gasteiger partial charge in [-0.15, -0.1) is 0 Å². The summed E-state index contributed by atoms with van der Waals surface area (Å²) in [4.78, 5) is 17.6. The van der Waals surface area contributed by atoms with E-state index in [9.17, 15) is 4.79 Å². The topological polar surface area (TPSA) is 46.9 Å². The SMILES string of the molecule is COc1cc(-c2cn(C)c(=O)c(C)c2C)cc(OC)c1CN1C2CCC1CN(C(C)C)C2. The molecule has 0 N–H and O–H groups in total. The molecule has 0 radical (unpaired) electrons. The molecule has 2 saturated heterocycles. The van der Waals surface area contributed by atoms with Crippen molar-refractivity contribution in [2.24, 2.45) is 7.05 Å². The molecule has 2 aliphatic rings. The summed E-state index contributed by atoms with van der Waals surface area (Å²) in [5.41, 5.74) is 4.94. The maximum atomic E-state index is 12.3. The van der Waals surface area contributed by atoms with Gasteiger partial charge in [0.2, 0.25) is 0 Å². The summed E-state index contributed by atoms with van der Waals surface area (Å²) in [6.07, 6.45) is 4.42. The largest absolute Gasteiger partial charge is 0.496 e. The van der Waals surface area contributed by atoms with Crippen LogP contribution in [0.15, 0.2) is 23.1 Å². The number of benzene rings is 1. The minimum Gasteiger partial charge on any atom is -0.496 e. The Labute approximate surface area is 191 Å². The summed E-state index contributed by atoms with van der Waals surface area (Å²) in [5.74, 6) is 1.69. The second-order valence-corrected chi connectivity index (χ2v) is 9.67. The third kappa shape index (κ3) is 3.95. The second-order valence-electron chi connectivity index (χ2n) is 9.67. The summed E-state index contributed by atoms with van der Waals surface area (Å²) in [6.45, 7) is 11.6. The molecule has 1 aromatic heterocycles. The average Bonchev–Trinajstić information content (AvgIpc) is 3.00. The molecular formula is C26H37N3O3. The molecule has 2 bridgehead atoms. The van der Waals surface area contributed by atoms with Crippen molar-refractivity contribution in [2.45, 2.75) is 65.2 Å². The number of hydrogen-bond donors (Lipinski definition) is 0. The van der Waals surface area contributed by atoms with Crippen molar-refractivity contribution < 1.29 is 9.47 Å². The van der Waals surface area contributed by atoms with Crippen molar-refractivity contribution >= 4 is 0 Å². The highest BCUT2D eigenvalue weighted by Gasteiger charge is 2.41. The first-order valence-electron chi connectivity index (χ1n) is 11.7. The van der Waals surface area contributed by atoms with Crippen molar-refractivity contribution in [1.29, 1.82) is 0 Å². The zero-order valence-electron chi connectivity index (χ0n) is 20.6. The van der Waals surface area contributed by atoms with Crippen LogP contribution in [0.1, 0.15) is 43.4 Å². The number of likely N-dealkylation sites (tertiary alicyclic amines) is 1. The van der Waals surface area contributed by atoms with E-state index in [-0.39, 0.29) is 5.56 Å². The first-order valence-corrected chi connectivity index (χ1v) is 11.7. The second kappa shape index (κ2) is 8.91. The minimum absolute atomic E-state index is 0.0396. The standard InChI is InChI=1S/C26H37N3O3/c1-16(2)28-12-20-8-9-21(13-28)29(20)15-23-24(31-6)10-19(11-25(23)32-7)22-14-27(5)26(30)18(4)17(22)3/h10-11,14,16,20-21H,8-9,12-13,15H2,1-7H3. The van der Waals surface area contributed by atoms with Crippen LogP contribution < -0.4 is 15.0 Å². The van der Waals surface area contributed by atoms with Gasteiger partial charge in [-0.2, -0.15) is 0 Å². The number of fused-ring (bicyclic) bond motifs is 2. The van der Waals surface area contributed by atoms with Gasteiger partial charge in [0.25, 0.3) is 5.56 Å². The predicted molar refractivity (Wildman–Crippen MR) is 129 cm³/mol. The molecule has 174 valence electrons. The van der Waals surface area contributed by atoms with Crippen LogP contribution in [0.3, 0.4) is 0 Å². The van der Waals surface area contributed by atoms with Crippen LogP contribution in [-0.2, 0) is 13.6 Å². The molecule has 0 amide bonds. The van der Waals surface area contributed by atoms with E-state index >= 15 is 0 Å². The van der Waals surface area contributed by atoms with Crippen LogP contribution in [0.4, 0.5) is 0 Å². The van der Waals surface area contributed by atoms with E-state index in [2.05, 4.69) is 35.8 Å². The highest BCUT2D eigenvalue weighted by Crippen LogP contribution is 2.40. The van der Waals surface area contributed by atoms with E-state index in [1.54, 1.807) is 25.8 Å². The smallest absolute Gasteiger partial charge is 0.253 e. The van der Waals surface area contributed by atoms with E-state index in [1.807, 2.05) is 20.0 Å². The molecule has 2 fully saturated rings. The van der Waals surface area contributed by atoms with Crippen LogP contribution >= 0.6 is 0 Å².